The van der Waals surface area contributed by atoms with E-state index in [4.69, 9.17) is 0 Å². The van der Waals surface area contributed by atoms with Gasteiger partial charge >= 0.3 is 0 Å². The minimum Gasteiger partial charge on any atom is -0.355 e. The predicted octanol–water partition coefficient (Wildman–Crippen LogP) is 1.44. The minimum atomic E-state index is -0.309. The van der Waals surface area contributed by atoms with Crippen molar-refractivity contribution in [2.45, 2.75) is 19.8 Å². The molecule has 0 saturated heterocycles. The van der Waals surface area contributed by atoms with Gasteiger partial charge in [0, 0.05) is 54.1 Å². The maximum absolute atomic E-state index is 12.4. The first-order chi connectivity index (χ1) is 12.6. The second kappa shape index (κ2) is 8.15. The minimum absolute atomic E-state index is 0.0102. The lowest BCUT2D eigenvalue weighted by molar-refractivity contribution is -0.120. The number of carbonyl (C=O) groups is 1. The summed E-state index contributed by atoms with van der Waals surface area (Å²) in [6.45, 7) is 2.19. The number of pyridine rings is 2. The molecule has 0 aliphatic carbocycles. The van der Waals surface area contributed by atoms with Gasteiger partial charge < -0.3 is 10.3 Å². The number of carbonyl (C=O) groups excluding carboxylic acids is 1. The van der Waals surface area contributed by atoms with Gasteiger partial charge in [0.15, 0.2) is 0 Å². The Morgan fingerprint density at radius 1 is 1.19 bits per heavy atom. The van der Waals surface area contributed by atoms with Crippen molar-refractivity contribution in [2.24, 2.45) is 0 Å². The number of hydrogen-bond donors (Lipinski definition) is 2. The van der Waals surface area contributed by atoms with E-state index < -0.39 is 0 Å². The van der Waals surface area contributed by atoms with Gasteiger partial charge in [-0.15, -0.1) is 0 Å². The van der Waals surface area contributed by atoms with Crippen LogP contribution in [-0.4, -0.2) is 32.4 Å². The third-order valence-electron chi connectivity index (χ3n) is 3.92. The molecule has 0 fully saturated rings. The zero-order valence-corrected chi connectivity index (χ0v) is 14.4. The molecule has 0 saturated carbocycles. The Kier molecular flexibility index (Phi) is 5.48. The fourth-order valence-corrected chi connectivity index (χ4v) is 2.56. The van der Waals surface area contributed by atoms with Crippen molar-refractivity contribution in [2.75, 3.05) is 6.54 Å². The second-order valence-corrected chi connectivity index (χ2v) is 5.82. The van der Waals surface area contributed by atoms with E-state index >= 15 is 0 Å². The summed E-state index contributed by atoms with van der Waals surface area (Å²) in [6.07, 6.45) is 5.62. The lowest BCUT2D eigenvalue weighted by Crippen LogP contribution is -2.30. The monoisotopic (exact) mass is 349 g/mol. The van der Waals surface area contributed by atoms with Crippen LogP contribution < -0.4 is 10.9 Å². The summed E-state index contributed by atoms with van der Waals surface area (Å²) in [5.41, 5.74) is 2.22. The van der Waals surface area contributed by atoms with Gasteiger partial charge in [0.25, 0.3) is 5.56 Å². The largest absolute Gasteiger partial charge is 0.355 e. The van der Waals surface area contributed by atoms with E-state index in [1.807, 2.05) is 24.3 Å². The van der Waals surface area contributed by atoms with Crippen LogP contribution in [-0.2, 0) is 17.6 Å². The molecule has 0 radical (unpaired) electrons. The molecule has 26 heavy (non-hydrogen) atoms. The Morgan fingerprint density at radius 2 is 2.08 bits per heavy atom. The molecule has 0 aromatic carbocycles. The molecule has 0 aliphatic heterocycles. The van der Waals surface area contributed by atoms with E-state index in [0.29, 0.717) is 30.0 Å². The summed E-state index contributed by atoms with van der Waals surface area (Å²) in [5.74, 6) is 0.227. The van der Waals surface area contributed by atoms with Gasteiger partial charge in [-0.25, -0.2) is 4.98 Å². The van der Waals surface area contributed by atoms with Crippen molar-refractivity contribution in [1.82, 2.24) is 25.3 Å². The van der Waals surface area contributed by atoms with Gasteiger partial charge in [0.2, 0.25) is 5.91 Å². The van der Waals surface area contributed by atoms with Crippen LogP contribution in [0.3, 0.4) is 0 Å². The summed E-state index contributed by atoms with van der Waals surface area (Å²) in [4.78, 5) is 39.8. The predicted molar refractivity (Wildman–Crippen MR) is 97.5 cm³/mol. The molecule has 0 spiro atoms. The van der Waals surface area contributed by atoms with Crippen molar-refractivity contribution in [3.05, 3.63) is 76.2 Å². The van der Waals surface area contributed by atoms with Crippen molar-refractivity contribution in [3.63, 3.8) is 0 Å². The first-order valence-corrected chi connectivity index (χ1v) is 8.30. The molecule has 3 aromatic rings. The summed E-state index contributed by atoms with van der Waals surface area (Å²) in [6, 6.07) is 9.24. The van der Waals surface area contributed by atoms with Crippen molar-refractivity contribution in [1.29, 1.82) is 0 Å². The Balaban J connectivity index is 1.64. The number of nitrogens with one attached hydrogen (secondary N) is 2. The van der Waals surface area contributed by atoms with E-state index in [9.17, 15) is 9.59 Å². The Bertz CT molecular complexity index is 939. The molecule has 0 aliphatic rings. The van der Waals surface area contributed by atoms with Crippen LogP contribution in [0.5, 0.6) is 0 Å². The summed E-state index contributed by atoms with van der Waals surface area (Å²) in [7, 11) is 0. The smallest absolute Gasteiger partial charge is 0.255 e. The highest BCUT2D eigenvalue weighted by atomic mass is 16.2. The standard InChI is InChI=1S/C19H19N5O2/c1-13-16(11-17(25)22-10-7-15-6-2-3-9-21-15)19(26)24-18(23-13)14-5-4-8-20-12-14/h2-6,8-9,12H,7,10-11H2,1H3,(H,22,25)(H,23,24,26). The van der Waals surface area contributed by atoms with Crippen molar-refractivity contribution >= 4 is 5.91 Å². The molecular weight excluding hydrogens is 330 g/mol. The van der Waals surface area contributed by atoms with Gasteiger partial charge in [-0.1, -0.05) is 6.07 Å². The molecule has 0 bridgehead atoms. The van der Waals surface area contributed by atoms with Gasteiger partial charge in [-0.05, 0) is 31.2 Å². The normalized spacial score (nSPS) is 10.5. The quantitative estimate of drug-likeness (QED) is 0.701. The third kappa shape index (κ3) is 4.38. The average Bonchev–Trinajstić information content (AvgIpc) is 2.66. The Morgan fingerprint density at radius 3 is 2.77 bits per heavy atom. The zero-order valence-electron chi connectivity index (χ0n) is 14.4. The van der Waals surface area contributed by atoms with E-state index in [1.165, 1.54) is 0 Å². The topological polar surface area (TPSA) is 101 Å². The number of rotatable bonds is 6. The average molecular weight is 349 g/mol. The number of aromatic amines is 1. The third-order valence-corrected chi connectivity index (χ3v) is 3.92. The SMILES string of the molecule is Cc1nc(-c2cccnc2)[nH]c(=O)c1CC(=O)NCCc1ccccn1. The van der Waals surface area contributed by atoms with Crippen LogP contribution in [0.15, 0.2) is 53.7 Å². The van der Waals surface area contributed by atoms with Crippen LogP contribution in [0.1, 0.15) is 17.0 Å². The Labute approximate surface area is 150 Å². The molecule has 3 heterocycles. The van der Waals surface area contributed by atoms with Crippen molar-refractivity contribution in [3.8, 4) is 11.4 Å². The molecule has 2 N–H and O–H groups in total. The van der Waals surface area contributed by atoms with Crippen LogP contribution in [0.25, 0.3) is 11.4 Å². The number of hydrogen-bond acceptors (Lipinski definition) is 5. The van der Waals surface area contributed by atoms with Gasteiger partial charge in [-0.2, -0.15) is 0 Å². The first kappa shape index (κ1) is 17.5. The molecular formula is C19H19N5O2. The molecule has 0 atom stereocenters. The van der Waals surface area contributed by atoms with Crippen LogP contribution in [0, 0.1) is 6.92 Å². The summed E-state index contributed by atoms with van der Waals surface area (Å²) >= 11 is 0. The first-order valence-electron chi connectivity index (χ1n) is 8.30. The fourth-order valence-electron chi connectivity index (χ4n) is 2.56. The Hall–Kier alpha value is -3.35. The number of nitrogens with zero attached hydrogens (tertiary/aromatic N) is 3. The molecule has 7 heteroatoms. The number of aromatic nitrogens is 4. The second-order valence-electron chi connectivity index (χ2n) is 5.82. The molecule has 132 valence electrons. The maximum atomic E-state index is 12.4. The van der Waals surface area contributed by atoms with Gasteiger partial charge in [-0.3, -0.25) is 19.6 Å². The summed E-state index contributed by atoms with van der Waals surface area (Å²) < 4.78 is 0. The number of aryl methyl sites for hydroxylation is 1. The molecule has 0 unspecified atom stereocenters. The van der Waals surface area contributed by atoms with Crippen molar-refractivity contribution < 1.29 is 4.79 Å². The highest BCUT2D eigenvalue weighted by Gasteiger charge is 2.13. The van der Waals surface area contributed by atoms with E-state index in [2.05, 4.69) is 25.3 Å². The number of amides is 1. The maximum Gasteiger partial charge on any atom is 0.255 e. The summed E-state index contributed by atoms with van der Waals surface area (Å²) in [5, 5.41) is 2.81. The number of H-pyrrole nitrogens is 1. The van der Waals surface area contributed by atoms with Crippen LogP contribution in [0.2, 0.25) is 0 Å². The molecule has 1 amide bonds. The fraction of sp³-hybridized carbons (Fsp3) is 0.211. The lowest BCUT2D eigenvalue weighted by Gasteiger charge is -2.08. The highest BCUT2D eigenvalue weighted by Crippen LogP contribution is 2.12. The zero-order chi connectivity index (χ0) is 18.4. The van der Waals surface area contributed by atoms with Gasteiger partial charge in [0.1, 0.15) is 5.82 Å². The van der Waals surface area contributed by atoms with Crippen LogP contribution >= 0.6 is 0 Å². The lowest BCUT2D eigenvalue weighted by atomic mass is 10.1. The van der Waals surface area contributed by atoms with Gasteiger partial charge in [0.05, 0.1) is 6.42 Å². The van der Waals surface area contributed by atoms with E-state index in [1.54, 1.807) is 31.6 Å². The molecule has 7 nitrogen and oxygen atoms in total. The molecule has 3 rings (SSSR count). The highest BCUT2D eigenvalue weighted by molar-refractivity contribution is 5.78. The van der Waals surface area contributed by atoms with E-state index in [0.717, 1.165) is 11.3 Å². The molecule has 3 aromatic heterocycles. The van der Waals surface area contributed by atoms with E-state index in [-0.39, 0.29) is 17.9 Å². The van der Waals surface area contributed by atoms with Crippen LogP contribution in [0.4, 0.5) is 0 Å².